The highest BCUT2D eigenvalue weighted by atomic mass is 35.5. The largest absolute Gasteiger partial charge is 0.323 e. The number of hydrogen-bond donors (Lipinski definition) is 1. The van der Waals surface area contributed by atoms with Gasteiger partial charge in [0.2, 0.25) is 5.91 Å². The highest BCUT2D eigenvalue weighted by Gasteiger charge is 2.26. The van der Waals surface area contributed by atoms with E-state index in [1.165, 1.54) is 0 Å². The number of carbonyl (C=O) groups is 1. The lowest BCUT2D eigenvalue weighted by molar-refractivity contribution is -0.122. The van der Waals surface area contributed by atoms with Crippen molar-refractivity contribution in [1.29, 1.82) is 0 Å². The molecule has 0 saturated heterocycles. The summed E-state index contributed by atoms with van der Waals surface area (Å²) in [4.78, 5) is 15.7. The number of aromatic nitrogens is 1. The molecule has 0 aliphatic heterocycles. The van der Waals surface area contributed by atoms with Crippen LogP contribution in [-0.2, 0) is 4.79 Å². The number of carbonyl (C=O) groups excluding carboxylic acids is 1. The van der Waals surface area contributed by atoms with Gasteiger partial charge in [-0.2, -0.15) is 0 Å². The molecule has 86 valence electrons. The first kappa shape index (κ1) is 11.7. The first-order valence-corrected chi connectivity index (χ1v) is 5.97. The molecule has 1 aliphatic rings. The van der Waals surface area contributed by atoms with Crippen LogP contribution in [0.25, 0.3) is 0 Å². The van der Waals surface area contributed by atoms with Crippen molar-refractivity contribution in [3.63, 3.8) is 0 Å². The quantitative estimate of drug-likeness (QED) is 0.826. The van der Waals surface area contributed by atoms with E-state index in [0.29, 0.717) is 10.8 Å². The van der Waals surface area contributed by atoms with Crippen molar-refractivity contribution in [2.45, 2.75) is 26.2 Å². The molecule has 1 heterocycles. The van der Waals surface area contributed by atoms with Crippen LogP contribution in [0.3, 0.4) is 0 Å². The van der Waals surface area contributed by atoms with Gasteiger partial charge in [-0.05, 0) is 31.4 Å². The summed E-state index contributed by atoms with van der Waals surface area (Å²) < 4.78 is 0. The maximum absolute atomic E-state index is 11.8. The minimum absolute atomic E-state index is 0.0281. The summed E-state index contributed by atoms with van der Waals surface area (Å²) in [6.45, 7) is 1.84. The van der Waals surface area contributed by atoms with E-state index >= 15 is 0 Å². The molecule has 5 heteroatoms. The zero-order valence-corrected chi connectivity index (χ0v) is 10.4. The Kier molecular flexibility index (Phi) is 3.36. The molecule has 1 aromatic rings. The minimum atomic E-state index is 0.0281. The Labute approximate surface area is 104 Å². The summed E-state index contributed by atoms with van der Waals surface area (Å²) in [5.41, 5.74) is 1.40. The number of nitrogens with zero attached hydrogens (tertiary/aromatic N) is 1. The minimum Gasteiger partial charge on any atom is -0.323 e. The van der Waals surface area contributed by atoms with Gasteiger partial charge in [0.15, 0.2) is 5.15 Å². The van der Waals surface area contributed by atoms with Gasteiger partial charge in [0.25, 0.3) is 0 Å². The lowest BCUT2D eigenvalue weighted by Crippen LogP contribution is -2.28. The van der Waals surface area contributed by atoms with Gasteiger partial charge in [0.1, 0.15) is 5.15 Å². The summed E-state index contributed by atoms with van der Waals surface area (Å²) in [6, 6.07) is 1.68. The number of amides is 1. The van der Waals surface area contributed by atoms with Crippen molar-refractivity contribution in [3.05, 3.63) is 21.9 Å². The molecule has 0 bridgehead atoms. The molecule has 0 aromatic carbocycles. The maximum atomic E-state index is 11.8. The summed E-state index contributed by atoms with van der Waals surface area (Å²) >= 11 is 11.7. The molecule has 0 atom stereocenters. The van der Waals surface area contributed by atoms with Crippen LogP contribution in [0.15, 0.2) is 6.07 Å². The second kappa shape index (κ2) is 4.60. The van der Waals surface area contributed by atoms with Gasteiger partial charge in [-0.1, -0.05) is 29.6 Å². The smallest absolute Gasteiger partial charge is 0.227 e. The number of halogens is 2. The Bertz CT molecular complexity index is 407. The van der Waals surface area contributed by atoms with Crippen LogP contribution >= 0.6 is 23.2 Å². The van der Waals surface area contributed by atoms with E-state index in [2.05, 4.69) is 10.3 Å². The lowest BCUT2D eigenvalue weighted by atomic mass is 9.85. The zero-order chi connectivity index (χ0) is 11.7. The Morgan fingerprint density at radius 2 is 2.19 bits per heavy atom. The van der Waals surface area contributed by atoms with Crippen LogP contribution in [-0.4, -0.2) is 10.9 Å². The molecule has 0 radical (unpaired) electrons. The van der Waals surface area contributed by atoms with E-state index in [1.54, 1.807) is 6.07 Å². The fraction of sp³-hybridized carbons (Fsp3) is 0.455. The van der Waals surface area contributed by atoms with Crippen LogP contribution in [0.1, 0.15) is 24.8 Å². The summed E-state index contributed by atoms with van der Waals surface area (Å²) in [7, 11) is 0. The molecule has 1 N–H and O–H groups in total. The van der Waals surface area contributed by atoms with Gasteiger partial charge in [0.05, 0.1) is 5.69 Å². The average Bonchev–Trinajstić information content (AvgIpc) is 2.08. The summed E-state index contributed by atoms with van der Waals surface area (Å²) in [6.07, 6.45) is 3.05. The molecule has 3 nitrogen and oxygen atoms in total. The number of hydrogen-bond acceptors (Lipinski definition) is 2. The van der Waals surface area contributed by atoms with E-state index in [4.69, 9.17) is 23.2 Å². The van der Waals surface area contributed by atoms with Gasteiger partial charge in [-0.15, -0.1) is 0 Å². The Hall–Kier alpha value is -0.800. The van der Waals surface area contributed by atoms with E-state index in [9.17, 15) is 4.79 Å². The number of nitrogens with one attached hydrogen (secondary N) is 1. The number of anilines is 1. The molecule has 0 unspecified atom stereocenters. The first-order chi connectivity index (χ1) is 7.58. The molecule has 0 spiro atoms. The van der Waals surface area contributed by atoms with Crippen molar-refractivity contribution in [3.8, 4) is 0 Å². The normalized spacial score (nSPS) is 15.7. The summed E-state index contributed by atoms with van der Waals surface area (Å²) in [5.74, 6) is 0.159. The molecular formula is C11H12Cl2N2O. The third-order valence-electron chi connectivity index (χ3n) is 2.87. The van der Waals surface area contributed by atoms with Gasteiger partial charge in [-0.25, -0.2) is 4.98 Å². The van der Waals surface area contributed by atoms with Gasteiger partial charge in [0, 0.05) is 5.92 Å². The van der Waals surface area contributed by atoms with E-state index in [-0.39, 0.29) is 17.0 Å². The van der Waals surface area contributed by atoms with Crippen LogP contribution in [0.4, 0.5) is 5.69 Å². The van der Waals surface area contributed by atoms with Crippen LogP contribution < -0.4 is 5.32 Å². The predicted octanol–water partition coefficient (Wildman–Crippen LogP) is 3.44. The maximum Gasteiger partial charge on any atom is 0.227 e. The second-order valence-corrected chi connectivity index (χ2v) is 4.79. The molecule has 1 saturated carbocycles. The van der Waals surface area contributed by atoms with E-state index in [0.717, 1.165) is 24.8 Å². The van der Waals surface area contributed by atoms with Crippen LogP contribution in [0.5, 0.6) is 0 Å². The standard InChI is InChI=1S/C11H12Cl2N2O/c1-6-5-8(12)14-10(13)9(6)15-11(16)7-3-2-4-7/h5,7H,2-4H2,1H3,(H,15,16). The highest BCUT2D eigenvalue weighted by molar-refractivity contribution is 6.34. The lowest BCUT2D eigenvalue weighted by Gasteiger charge is -2.24. The fourth-order valence-electron chi connectivity index (χ4n) is 1.64. The van der Waals surface area contributed by atoms with Crippen LogP contribution in [0.2, 0.25) is 10.3 Å². The van der Waals surface area contributed by atoms with Crippen molar-refractivity contribution in [2.24, 2.45) is 5.92 Å². The molecule has 1 fully saturated rings. The Morgan fingerprint density at radius 3 is 2.69 bits per heavy atom. The topological polar surface area (TPSA) is 42.0 Å². The van der Waals surface area contributed by atoms with Gasteiger partial charge < -0.3 is 5.32 Å². The molecule has 2 rings (SSSR count). The molecule has 1 amide bonds. The highest BCUT2D eigenvalue weighted by Crippen LogP contribution is 2.31. The Morgan fingerprint density at radius 1 is 1.50 bits per heavy atom. The number of pyridine rings is 1. The fourth-order valence-corrected chi connectivity index (χ4v) is 2.22. The average molecular weight is 259 g/mol. The molecular weight excluding hydrogens is 247 g/mol. The predicted molar refractivity (Wildman–Crippen MR) is 65.0 cm³/mol. The molecule has 1 aromatic heterocycles. The third-order valence-corrected chi connectivity index (χ3v) is 3.33. The van der Waals surface area contributed by atoms with E-state index < -0.39 is 0 Å². The van der Waals surface area contributed by atoms with Crippen molar-refractivity contribution >= 4 is 34.8 Å². The van der Waals surface area contributed by atoms with Gasteiger partial charge >= 0.3 is 0 Å². The Balaban J connectivity index is 2.17. The van der Waals surface area contributed by atoms with E-state index in [1.807, 2.05) is 6.92 Å². The monoisotopic (exact) mass is 258 g/mol. The number of rotatable bonds is 2. The third kappa shape index (κ3) is 2.30. The van der Waals surface area contributed by atoms with Crippen molar-refractivity contribution in [1.82, 2.24) is 4.98 Å². The van der Waals surface area contributed by atoms with Gasteiger partial charge in [-0.3, -0.25) is 4.79 Å². The molecule has 1 aliphatic carbocycles. The van der Waals surface area contributed by atoms with Crippen molar-refractivity contribution in [2.75, 3.05) is 5.32 Å². The second-order valence-electron chi connectivity index (χ2n) is 4.04. The zero-order valence-electron chi connectivity index (χ0n) is 8.89. The SMILES string of the molecule is Cc1cc(Cl)nc(Cl)c1NC(=O)C1CCC1. The molecule has 16 heavy (non-hydrogen) atoms. The van der Waals surface area contributed by atoms with Crippen molar-refractivity contribution < 1.29 is 4.79 Å². The first-order valence-electron chi connectivity index (χ1n) is 5.21. The number of aryl methyl sites for hydroxylation is 1. The summed E-state index contributed by atoms with van der Waals surface area (Å²) in [5, 5.41) is 3.40. The van der Waals surface area contributed by atoms with Crippen LogP contribution in [0, 0.1) is 12.8 Å².